The molecular weight excluding hydrogens is 408 g/mol. The van der Waals surface area contributed by atoms with Crippen molar-refractivity contribution in [1.29, 1.82) is 0 Å². The van der Waals surface area contributed by atoms with Gasteiger partial charge in [0.05, 0.1) is 19.3 Å². The number of rotatable bonds is 11. The van der Waals surface area contributed by atoms with Crippen molar-refractivity contribution in [1.82, 2.24) is 10.2 Å². The molecule has 1 aromatic carbocycles. The van der Waals surface area contributed by atoms with Crippen LogP contribution in [0.25, 0.3) is 0 Å². The molecule has 2 atom stereocenters. The number of nitrogens with zero attached hydrogens (tertiary/aromatic N) is 1. The Hall–Kier alpha value is -1.79. The van der Waals surface area contributed by atoms with Gasteiger partial charge in [-0.1, -0.05) is 18.2 Å². The van der Waals surface area contributed by atoms with E-state index in [9.17, 15) is 0 Å². The lowest BCUT2D eigenvalue weighted by atomic mass is 9.94. The smallest absolute Gasteiger partial charge is 0.169 e. The Labute approximate surface area is 193 Å². The summed E-state index contributed by atoms with van der Waals surface area (Å²) in [5.74, 6) is 2.29. The van der Waals surface area contributed by atoms with Crippen molar-refractivity contribution in [3.05, 3.63) is 35.9 Å². The van der Waals surface area contributed by atoms with Crippen molar-refractivity contribution < 1.29 is 14.2 Å². The van der Waals surface area contributed by atoms with Gasteiger partial charge in [0.1, 0.15) is 0 Å². The highest BCUT2D eigenvalue weighted by Gasteiger charge is 2.23. The fraction of sp³-hybridized carbons (Fsp3) is 0.640. The summed E-state index contributed by atoms with van der Waals surface area (Å²) in [6.07, 6.45) is 11.7. The van der Waals surface area contributed by atoms with Gasteiger partial charge in [-0.2, -0.15) is 0 Å². The summed E-state index contributed by atoms with van der Waals surface area (Å²) in [4.78, 5) is 2.35. The summed E-state index contributed by atoms with van der Waals surface area (Å²) in [7, 11) is 0. The molecule has 1 aromatic rings. The van der Waals surface area contributed by atoms with Gasteiger partial charge in [-0.15, -0.1) is 0 Å². The minimum Gasteiger partial charge on any atom is -0.490 e. The van der Waals surface area contributed by atoms with E-state index in [-0.39, 0.29) is 0 Å². The molecule has 0 bridgehead atoms. The average Bonchev–Trinajstić information content (AvgIpc) is 3.29. The SMILES string of the molecule is CCOc1ccc(CCNC(=S)N(CC2CC=CCC2)CC2CCCO2)cc1OCC. The molecule has 172 valence electrons. The van der Waals surface area contributed by atoms with Crippen LogP contribution in [0.2, 0.25) is 0 Å². The number of nitrogens with one attached hydrogen (secondary N) is 1. The maximum atomic E-state index is 5.89. The first-order chi connectivity index (χ1) is 15.2. The molecule has 0 amide bonds. The Morgan fingerprint density at radius 3 is 2.68 bits per heavy atom. The Morgan fingerprint density at radius 1 is 1.13 bits per heavy atom. The van der Waals surface area contributed by atoms with Crippen molar-refractivity contribution in [2.75, 3.05) is 39.5 Å². The molecule has 1 aliphatic heterocycles. The molecule has 6 heteroatoms. The van der Waals surface area contributed by atoms with Crippen LogP contribution >= 0.6 is 12.2 Å². The molecule has 31 heavy (non-hydrogen) atoms. The van der Waals surface area contributed by atoms with Gasteiger partial charge in [-0.3, -0.25) is 0 Å². The molecule has 3 rings (SSSR count). The van der Waals surface area contributed by atoms with Gasteiger partial charge in [0.25, 0.3) is 0 Å². The first-order valence-electron chi connectivity index (χ1n) is 11.9. The van der Waals surface area contributed by atoms with Crippen LogP contribution in [0.5, 0.6) is 11.5 Å². The van der Waals surface area contributed by atoms with E-state index < -0.39 is 0 Å². The number of ether oxygens (including phenoxy) is 3. The first kappa shape index (κ1) is 23.9. The maximum absolute atomic E-state index is 5.89. The lowest BCUT2D eigenvalue weighted by Gasteiger charge is -2.32. The van der Waals surface area contributed by atoms with Gasteiger partial charge in [0.15, 0.2) is 16.6 Å². The molecule has 0 spiro atoms. The van der Waals surface area contributed by atoms with Crippen LogP contribution in [-0.4, -0.2) is 55.6 Å². The molecule has 0 aromatic heterocycles. The van der Waals surface area contributed by atoms with Crippen LogP contribution in [0.15, 0.2) is 30.4 Å². The van der Waals surface area contributed by atoms with Crippen molar-refractivity contribution in [2.24, 2.45) is 5.92 Å². The zero-order valence-electron chi connectivity index (χ0n) is 19.1. The monoisotopic (exact) mass is 446 g/mol. The van der Waals surface area contributed by atoms with Crippen LogP contribution in [0, 0.1) is 5.92 Å². The molecule has 0 saturated carbocycles. The maximum Gasteiger partial charge on any atom is 0.169 e. The van der Waals surface area contributed by atoms with Crippen LogP contribution in [0.3, 0.4) is 0 Å². The molecule has 1 heterocycles. The third kappa shape index (κ3) is 7.69. The highest BCUT2D eigenvalue weighted by atomic mass is 32.1. The Morgan fingerprint density at radius 2 is 1.97 bits per heavy atom. The fourth-order valence-corrected chi connectivity index (χ4v) is 4.54. The molecule has 1 aliphatic carbocycles. The van der Waals surface area contributed by atoms with Crippen molar-refractivity contribution in [3.63, 3.8) is 0 Å². The zero-order valence-corrected chi connectivity index (χ0v) is 19.9. The standard InChI is InChI=1S/C25H38N2O3S/c1-3-28-23-13-12-20(17-24(23)29-4-2)14-15-26-25(31)27(19-22-11-8-16-30-22)18-21-9-6-5-7-10-21/h5-6,12-13,17,21-22H,3-4,7-11,14-16,18-19H2,1-2H3,(H,26,31). The van der Waals surface area contributed by atoms with E-state index in [1.54, 1.807) is 0 Å². The number of hydrogen-bond acceptors (Lipinski definition) is 4. The molecule has 2 unspecified atom stereocenters. The van der Waals surface area contributed by atoms with Crippen LogP contribution in [0.4, 0.5) is 0 Å². The second kappa shape index (κ2) is 12.9. The van der Waals surface area contributed by atoms with E-state index in [1.165, 1.54) is 18.4 Å². The predicted molar refractivity (Wildman–Crippen MR) is 130 cm³/mol. The van der Waals surface area contributed by atoms with Crippen LogP contribution < -0.4 is 14.8 Å². The lowest BCUT2D eigenvalue weighted by Crippen LogP contribution is -2.46. The normalized spacial score (nSPS) is 20.5. The minimum absolute atomic E-state index is 0.304. The first-order valence-corrected chi connectivity index (χ1v) is 12.3. The summed E-state index contributed by atoms with van der Waals surface area (Å²) in [6.45, 7) is 8.81. The van der Waals surface area contributed by atoms with Gasteiger partial charge in [0, 0.05) is 26.2 Å². The minimum atomic E-state index is 0.304. The third-order valence-corrected chi connectivity index (χ3v) is 6.29. The molecule has 2 aliphatic rings. The predicted octanol–water partition coefficient (Wildman–Crippen LogP) is 4.74. The van der Waals surface area contributed by atoms with E-state index >= 15 is 0 Å². The molecule has 1 N–H and O–H groups in total. The van der Waals surface area contributed by atoms with E-state index in [0.29, 0.717) is 25.2 Å². The molecule has 0 radical (unpaired) electrons. The summed E-state index contributed by atoms with van der Waals surface area (Å²) >= 11 is 5.81. The van der Waals surface area contributed by atoms with Gasteiger partial charge >= 0.3 is 0 Å². The topological polar surface area (TPSA) is 43.0 Å². The number of thiocarbonyl (C=S) groups is 1. The van der Waals surface area contributed by atoms with Crippen molar-refractivity contribution in [3.8, 4) is 11.5 Å². The largest absolute Gasteiger partial charge is 0.490 e. The fourth-order valence-electron chi connectivity index (χ4n) is 4.28. The summed E-state index contributed by atoms with van der Waals surface area (Å²) < 4.78 is 17.3. The second-order valence-electron chi connectivity index (χ2n) is 8.32. The zero-order chi connectivity index (χ0) is 21.9. The molecular formula is C25H38N2O3S. The Kier molecular flexibility index (Phi) is 9.94. The van der Waals surface area contributed by atoms with E-state index in [2.05, 4.69) is 34.5 Å². The van der Waals surface area contributed by atoms with Crippen LogP contribution in [-0.2, 0) is 11.2 Å². The van der Waals surface area contributed by atoms with Crippen LogP contribution in [0.1, 0.15) is 51.5 Å². The van der Waals surface area contributed by atoms with Gasteiger partial charge in [-0.25, -0.2) is 0 Å². The average molecular weight is 447 g/mol. The van der Waals surface area contributed by atoms with Gasteiger partial charge in [0.2, 0.25) is 0 Å². The quantitative estimate of drug-likeness (QED) is 0.391. The summed E-state index contributed by atoms with van der Waals surface area (Å²) in [5.41, 5.74) is 1.21. The highest BCUT2D eigenvalue weighted by Crippen LogP contribution is 2.28. The number of benzene rings is 1. The van der Waals surface area contributed by atoms with Gasteiger partial charge in [-0.05, 0) is 88.2 Å². The Bertz CT molecular complexity index is 719. The summed E-state index contributed by atoms with van der Waals surface area (Å²) in [6, 6.07) is 6.19. The van der Waals surface area contributed by atoms with E-state index in [4.69, 9.17) is 26.4 Å². The van der Waals surface area contributed by atoms with Crippen molar-refractivity contribution >= 4 is 17.3 Å². The number of allylic oxidation sites excluding steroid dienone is 2. The van der Waals surface area contributed by atoms with Crippen molar-refractivity contribution in [2.45, 2.75) is 58.5 Å². The lowest BCUT2D eigenvalue weighted by molar-refractivity contribution is 0.0874. The van der Waals surface area contributed by atoms with Gasteiger partial charge < -0.3 is 24.4 Å². The van der Waals surface area contributed by atoms with E-state index in [1.807, 2.05) is 19.9 Å². The molecule has 1 saturated heterocycles. The second-order valence-corrected chi connectivity index (χ2v) is 8.71. The van der Waals surface area contributed by atoms with E-state index in [0.717, 1.165) is 68.5 Å². The molecule has 1 fully saturated rings. The number of hydrogen-bond donors (Lipinski definition) is 1. The highest BCUT2D eigenvalue weighted by molar-refractivity contribution is 7.80. The molecule has 5 nitrogen and oxygen atoms in total. The third-order valence-electron chi connectivity index (χ3n) is 5.89. The summed E-state index contributed by atoms with van der Waals surface area (Å²) in [5, 5.41) is 4.35. The Balaban J connectivity index is 1.54.